The number of aliphatic hydroxyl groups is 2. The van der Waals surface area contributed by atoms with Gasteiger partial charge in [0, 0.05) is 23.8 Å². The van der Waals surface area contributed by atoms with E-state index in [4.69, 9.17) is 15.6 Å². The second-order valence-corrected chi connectivity index (χ2v) is 15.2. The van der Waals surface area contributed by atoms with Gasteiger partial charge in [-0.2, -0.15) is 11.8 Å². The van der Waals surface area contributed by atoms with Crippen molar-refractivity contribution >= 4 is 63.5 Å². The predicted molar refractivity (Wildman–Crippen MR) is 170 cm³/mol. The molecule has 4 amide bonds. The number of nitrogens with two attached hydrogens (primary N) is 1. The summed E-state index contributed by atoms with van der Waals surface area (Å²) in [6.07, 6.45) is 3.24. The summed E-state index contributed by atoms with van der Waals surface area (Å²) in [6.45, 7) is -0.264. The molecular weight excluding hydrogens is 642 g/mol. The lowest BCUT2D eigenvalue weighted by molar-refractivity contribution is -0.138. The zero-order chi connectivity index (χ0) is 33.0. The molecule has 17 nitrogen and oxygen atoms in total. The van der Waals surface area contributed by atoms with Gasteiger partial charge in [-0.3, -0.25) is 19.0 Å². The number of aromatic nitrogens is 4. The van der Waals surface area contributed by atoms with E-state index in [9.17, 15) is 29.4 Å². The Kier molecular flexibility index (Phi) is 11.2. The van der Waals surface area contributed by atoms with Gasteiger partial charge in [0.15, 0.2) is 23.2 Å². The Morgan fingerprint density at radius 2 is 2.00 bits per heavy atom. The average molecular weight is 683 g/mol. The smallest absolute Gasteiger partial charge is 0.320 e. The Bertz CT molecular complexity index is 1430. The number of unbranched alkanes of at least 4 members (excludes halogenated alkanes) is 1. The molecule has 0 radical (unpaired) electrons. The van der Waals surface area contributed by atoms with Crippen molar-refractivity contribution in [3.8, 4) is 0 Å². The second kappa shape index (κ2) is 15.1. The molecule has 2 unspecified atom stereocenters. The standard InChI is InChI=1S/C27H39N9O8S2/c1-46(7-6-13(28)26(41)42)10-15-21(39)22(40)25(44-15)36-12-32-20-23(30-11-31-24(20)36)34-18(38)8-29-17(37)5-3-2-4-16-19-14(9-45-16)33-27(43)35-19/h11-16,19,21-22,25,39-40H,2-10,28H2,1H3,(H4-,29,30,31,33,34,35,37,38,41,42,43)/p+1/t13-,14-,15+,16?,19-,21+,22+,25+,46?/m0/s1. The fourth-order valence-corrected chi connectivity index (χ4v) is 8.96. The third-order valence-corrected chi connectivity index (χ3v) is 11.6. The largest absolute Gasteiger partial charge is 0.480 e. The number of carboxylic acids is 1. The molecule has 252 valence electrons. The van der Waals surface area contributed by atoms with E-state index in [2.05, 4.69) is 36.2 Å². The maximum absolute atomic E-state index is 12.6. The van der Waals surface area contributed by atoms with Crippen LogP contribution in [-0.2, 0) is 30.0 Å². The van der Waals surface area contributed by atoms with E-state index < -0.39 is 42.5 Å². The van der Waals surface area contributed by atoms with Crippen LogP contribution >= 0.6 is 11.8 Å². The maximum Gasteiger partial charge on any atom is 0.320 e. The summed E-state index contributed by atoms with van der Waals surface area (Å²) >= 11 is 1.83. The van der Waals surface area contributed by atoms with Gasteiger partial charge in [0.05, 0.1) is 31.2 Å². The van der Waals surface area contributed by atoms with Gasteiger partial charge in [-0.05, 0) is 23.7 Å². The number of ether oxygens (including phenoxy) is 1. The van der Waals surface area contributed by atoms with E-state index in [1.165, 1.54) is 17.2 Å². The van der Waals surface area contributed by atoms with E-state index in [1.807, 2.05) is 18.0 Å². The summed E-state index contributed by atoms with van der Waals surface area (Å²) in [4.78, 5) is 60.1. The number of aliphatic carboxylic acids is 1. The van der Waals surface area contributed by atoms with E-state index in [-0.39, 0.29) is 71.3 Å². The number of urea groups is 1. The molecule has 5 rings (SSSR count). The Hall–Kier alpha value is -3.23. The summed E-state index contributed by atoms with van der Waals surface area (Å²) in [7, 11) is -0.326. The first-order valence-electron chi connectivity index (χ1n) is 15.0. The molecule has 3 fully saturated rings. The van der Waals surface area contributed by atoms with E-state index in [0.29, 0.717) is 23.2 Å². The van der Waals surface area contributed by atoms with Gasteiger partial charge >= 0.3 is 12.0 Å². The van der Waals surface area contributed by atoms with Gasteiger partial charge in [-0.1, -0.05) is 6.42 Å². The highest BCUT2D eigenvalue weighted by Gasteiger charge is 2.47. The molecule has 46 heavy (non-hydrogen) atoms. The van der Waals surface area contributed by atoms with Crippen LogP contribution in [0.3, 0.4) is 0 Å². The quantitative estimate of drug-likeness (QED) is 0.0592. The van der Waals surface area contributed by atoms with Gasteiger partial charge in [0.25, 0.3) is 0 Å². The Morgan fingerprint density at radius 1 is 1.20 bits per heavy atom. The lowest BCUT2D eigenvalue weighted by Gasteiger charge is -2.16. The van der Waals surface area contributed by atoms with E-state index in [1.54, 1.807) is 0 Å². The highest BCUT2D eigenvalue weighted by Crippen LogP contribution is 2.34. The lowest BCUT2D eigenvalue weighted by Crippen LogP contribution is -2.37. The molecule has 3 aliphatic heterocycles. The van der Waals surface area contributed by atoms with E-state index in [0.717, 1.165) is 18.6 Å². The molecule has 2 aromatic rings. The Balaban J connectivity index is 1.08. The van der Waals surface area contributed by atoms with Crippen LogP contribution in [0.5, 0.6) is 0 Å². The van der Waals surface area contributed by atoms with Crippen LogP contribution in [-0.4, -0.2) is 130 Å². The molecule has 2 aromatic heterocycles. The van der Waals surface area contributed by atoms with Crippen molar-refractivity contribution in [2.75, 3.05) is 35.4 Å². The molecule has 5 heterocycles. The molecule has 19 heteroatoms. The number of imidazole rings is 1. The minimum Gasteiger partial charge on any atom is -0.480 e. The molecular formula is C27H40N9O8S2+. The van der Waals surface area contributed by atoms with Crippen molar-refractivity contribution in [3.05, 3.63) is 12.7 Å². The molecule has 0 aromatic carbocycles. The normalized spacial score (nSPS) is 28.3. The lowest BCUT2D eigenvalue weighted by atomic mass is 10.0. The molecule has 3 saturated heterocycles. The Morgan fingerprint density at radius 3 is 2.78 bits per heavy atom. The zero-order valence-corrected chi connectivity index (χ0v) is 26.8. The van der Waals surface area contributed by atoms with Crippen molar-refractivity contribution in [2.45, 2.75) is 80.0 Å². The Labute approximate surface area is 271 Å². The highest BCUT2D eigenvalue weighted by atomic mass is 32.2. The number of carboxylic acid groups (broad SMARTS) is 1. The van der Waals surface area contributed by atoms with Crippen LogP contribution in [0.4, 0.5) is 10.6 Å². The monoisotopic (exact) mass is 682 g/mol. The van der Waals surface area contributed by atoms with Gasteiger partial charge in [0.2, 0.25) is 11.8 Å². The first kappa shape index (κ1) is 34.1. The van der Waals surface area contributed by atoms with Crippen LogP contribution in [0.25, 0.3) is 11.2 Å². The average Bonchev–Trinajstić information content (AvgIpc) is 3.78. The topological polar surface area (TPSA) is 256 Å². The minimum absolute atomic E-state index is 0.110. The molecule has 0 aliphatic carbocycles. The van der Waals surface area contributed by atoms with Crippen LogP contribution in [0.1, 0.15) is 38.3 Å². The van der Waals surface area contributed by atoms with Crippen molar-refractivity contribution in [1.29, 1.82) is 0 Å². The fourth-order valence-electron chi connectivity index (χ4n) is 5.76. The summed E-state index contributed by atoms with van der Waals surface area (Å²) in [6, 6.07) is -0.787. The highest BCUT2D eigenvalue weighted by molar-refractivity contribution is 8.00. The number of hydrogen-bond acceptors (Lipinski definition) is 12. The van der Waals surface area contributed by atoms with Crippen LogP contribution < -0.4 is 27.0 Å². The van der Waals surface area contributed by atoms with Gasteiger partial charge in [0.1, 0.15) is 42.2 Å². The number of fused-ring (bicyclic) bond motifs is 2. The summed E-state index contributed by atoms with van der Waals surface area (Å²) in [5.41, 5.74) is 6.08. The second-order valence-electron chi connectivity index (χ2n) is 11.7. The number of nitrogens with zero attached hydrogens (tertiary/aromatic N) is 4. The van der Waals surface area contributed by atoms with E-state index >= 15 is 0 Å². The van der Waals surface area contributed by atoms with Gasteiger partial charge < -0.3 is 47.1 Å². The fraction of sp³-hybridized carbons (Fsp3) is 0.667. The third-order valence-electron chi connectivity index (χ3n) is 8.30. The first-order chi connectivity index (χ1) is 22.0. The molecule has 0 saturated carbocycles. The van der Waals surface area contributed by atoms with Crippen molar-refractivity contribution in [3.63, 3.8) is 0 Å². The number of rotatable bonds is 15. The number of carbonyl (C=O) groups is 4. The number of carbonyl (C=O) groups excluding carboxylic acids is 3. The number of amides is 4. The zero-order valence-electron chi connectivity index (χ0n) is 25.2. The number of nitrogens with one attached hydrogen (secondary N) is 4. The van der Waals surface area contributed by atoms with Crippen molar-refractivity contribution in [2.24, 2.45) is 5.73 Å². The molecule has 0 spiro atoms. The molecule has 3 aliphatic rings. The van der Waals surface area contributed by atoms with Crippen LogP contribution in [0.15, 0.2) is 12.7 Å². The number of hydrogen-bond donors (Lipinski definition) is 8. The van der Waals surface area contributed by atoms with Crippen molar-refractivity contribution < 1.29 is 39.2 Å². The summed E-state index contributed by atoms with van der Waals surface area (Å²) in [5.74, 6) is 0.0964. The number of thioether (sulfide) groups is 1. The van der Waals surface area contributed by atoms with Crippen molar-refractivity contribution in [1.82, 2.24) is 35.5 Å². The number of anilines is 1. The maximum atomic E-state index is 12.6. The minimum atomic E-state index is -1.29. The predicted octanol–water partition coefficient (Wildman–Crippen LogP) is -1.72. The van der Waals surface area contributed by atoms with Gasteiger partial charge in [-0.25, -0.2) is 19.7 Å². The molecule has 0 bridgehead atoms. The van der Waals surface area contributed by atoms with Gasteiger partial charge in [-0.15, -0.1) is 0 Å². The molecule has 9 atom stereocenters. The summed E-state index contributed by atoms with van der Waals surface area (Å²) in [5, 5.41) is 41.9. The van der Waals surface area contributed by atoms with Crippen LogP contribution in [0, 0.1) is 0 Å². The molecule has 9 N–H and O–H groups in total. The summed E-state index contributed by atoms with van der Waals surface area (Å²) < 4.78 is 7.46. The first-order valence-corrected chi connectivity index (χ1v) is 18.1. The number of aliphatic hydroxyl groups excluding tert-OH is 2. The third kappa shape index (κ3) is 8.00. The SMILES string of the molecule is C[S+](CC[C@H](N)C(=O)O)C[C@H]1O[C@@H](n2cnc3c(NC(=O)CNC(=O)CCCCC4SC[C@@H]5NC(=O)N[C@H]45)ncnc32)[C@H](O)[C@@H]1O. The van der Waals surface area contributed by atoms with Crippen LogP contribution in [0.2, 0.25) is 0 Å².